The Morgan fingerprint density at radius 3 is 2.80 bits per heavy atom. The molecule has 0 unspecified atom stereocenters. The van der Waals surface area contributed by atoms with Crippen molar-refractivity contribution in [2.24, 2.45) is 0 Å². The third kappa shape index (κ3) is 2.54. The Labute approximate surface area is 116 Å². The molecule has 2 N–H and O–H groups in total. The van der Waals surface area contributed by atoms with E-state index in [0.717, 1.165) is 16.5 Å². The summed E-state index contributed by atoms with van der Waals surface area (Å²) in [5.74, 6) is -0.101. The fraction of sp³-hybridized carbons (Fsp3) is 0.125. The van der Waals surface area contributed by atoms with Gasteiger partial charge in [-0.15, -0.1) is 0 Å². The largest absolute Gasteiger partial charge is 0.351 e. The predicted octanol–water partition coefficient (Wildman–Crippen LogP) is 2.80. The maximum absolute atomic E-state index is 12.1. The van der Waals surface area contributed by atoms with Gasteiger partial charge in [0.15, 0.2) is 0 Å². The van der Waals surface area contributed by atoms with Crippen LogP contribution in [-0.4, -0.2) is 15.9 Å². The zero-order valence-corrected chi connectivity index (χ0v) is 11.2. The van der Waals surface area contributed by atoms with Crippen LogP contribution >= 0.6 is 0 Å². The van der Waals surface area contributed by atoms with E-state index >= 15 is 0 Å². The maximum Gasteiger partial charge on any atom is 0.267 e. The van der Waals surface area contributed by atoms with Gasteiger partial charge in [0.05, 0.1) is 0 Å². The fourth-order valence-corrected chi connectivity index (χ4v) is 2.14. The van der Waals surface area contributed by atoms with E-state index in [4.69, 9.17) is 0 Å². The van der Waals surface area contributed by atoms with Crippen molar-refractivity contribution in [3.8, 4) is 0 Å². The summed E-state index contributed by atoms with van der Waals surface area (Å²) < 4.78 is 0. The first-order valence-electron chi connectivity index (χ1n) is 6.49. The number of aryl methyl sites for hydroxylation is 1. The lowest BCUT2D eigenvalue weighted by atomic mass is 10.2. The minimum atomic E-state index is -0.101. The van der Waals surface area contributed by atoms with E-state index in [9.17, 15) is 4.79 Å². The summed E-state index contributed by atoms with van der Waals surface area (Å²) in [5.41, 5.74) is 3.77. The lowest BCUT2D eigenvalue weighted by Crippen LogP contribution is -2.23. The van der Waals surface area contributed by atoms with E-state index in [1.54, 1.807) is 12.4 Å². The van der Waals surface area contributed by atoms with Gasteiger partial charge in [0, 0.05) is 29.8 Å². The van der Waals surface area contributed by atoms with E-state index in [2.05, 4.69) is 15.3 Å². The molecule has 0 saturated carbocycles. The molecule has 0 atom stereocenters. The average molecular weight is 265 g/mol. The van der Waals surface area contributed by atoms with Crippen LogP contribution in [0.15, 0.2) is 48.8 Å². The van der Waals surface area contributed by atoms with E-state index < -0.39 is 0 Å². The lowest BCUT2D eigenvalue weighted by Gasteiger charge is -2.03. The first-order valence-corrected chi connectivity index (χ1v) is 6.49. The van der Waals surface area contributed by atoms with Crippen LogP contribution in [-0.2, 0) is 6.54 Å². The van der Waals surface area contributed by atoms with E-state index in [1.165, 1.54) is 5.56 Å². The number of rotatable bonds is 3. The highest BCUT2D eigenvalue weighted by Crippen LogP contribution is 2.16. The number of fused-ring (bicyclic) bond motifs is 1. The van der Waals surface area contributed by atoms with E-state index in [0.29, 0.717) is 12.2 Å². The number of nitrogens with one attached hydrogen (secondary N) is 2. The zero-order chi connectivity index (χ0) is 13.9. The van der Waals surface area contributed by atoms with Gasteiger partial charge in [0.2, 0.25) is 0 Å². The number of amides is 1. The molecule has 0 aliphatic heterocycles. The number of aromatic nitrogens is 2. The number of H-pyrrole nitrogens is 1. The second kappa shape index (κ2) is 5.17. The smallest absolute Gasteiger partial charge is 0.267 e. The number of nitrogens with zero attached hydrogens (tertiary/aromatic N) is 1. The van der Waals surface area contributed by atoms with Crippen LogP contribution in [0.5, 0.6) is 0 Å². The molecule has 2 heterocycles. The Kier molecular flexibility index (Phi) is 3.21. The molecular weight excluding hydrogens is 250 g/mol. The van der Waals surface area contributed by atoms with E-state index in [-0.39, 0.29) is 5.91 Å². The molecule has 1 aromatic carbocycles. The molecule has 0 radical (unpaired) electrons. The molecule has 3 aromatic rings. The molecule has 20 heavy (non-hydrogen) atoms. The van der Waals surface area contributed by atoms with Crippen molar-refractivity contribution in [1.82, 2.24) is 15.3 Å². The highest BCUT2D eigenvalue weighted by Gasteiger charge is 2.09. The quantitative estimate of drug-likeness (QED) is 0.765. The van der Waals surface area contributed by atoms with Crippen LogP contribution in [0.2, 0.25) is 0 Å². The summed E-state index contributed by atoms with van der Waals surface area (Å²) in [5, 5.41) is 3.94. The summed E-state index contributed by atoms with van der Waals surface area (Å²) in [7, 11) is 0. The van der Waals surface area contributed by atoms with Gasteiger partial charge in [-0.2, -0.15) is 0 Å². The molecule has 0 spiro atoms. The molecule has 0 aliphatic carbocycles. The van der Waals surface area contributed by atoms with Crippen LogP contribution < -0.4 is 5.32 Å². The molecule has 2 aromatic heterocycles. The van der Waals surface area contributed by atoms with Gasteiger partial charge in [-0.1, -0.05) is 12.1 Å². The van der Waals surface area contributed by atoms with Gasteiger partial charge in [0.25, 0.3) is 5.91 Å². The van der Waals surface area contributed by atoms with Crippen molar-refractivity contribution in [2.75, 3.05) is 0 Å². The van der Waals surface area contributed by atoms with Crippen molar-refractivity contribution in [3.63, 3.8) is 0 Å². The topological polar surface area (TPSA) is 57.8 Å². The monoisotopic (exact) mass is 265 g/mol. The molecule has 4 heteroatoms. The molecule has 100 valence electrons. The number of aromatic amines is 1. The van der Waals surface area contributed by atoms with Crippen LogP contribution in [0, 0.1) is 6.92 Å². The molecule has 1 amide bonds. The zero-order valence-electron chi connectivity index (χ0n) is 11.2. The second-order valence-electron chi connectivity index (χ2n) is 4.81. The van der Waals surface area contributed by atoms with Gasteiger partial charge in [-0.05, 0) is 42.3 Å². The summed E-state index contributed by atoms with van der Waals surface area (Å²) in [6.45, 7) is 2.53. The first-order chi connectivity index (χ1) is 9.72. The summed E-state index contributed by atoms with van der Waals surface area (Å²) in [6.07, 6.45) is 3.43. The van der Waals surface area contributed by atoms with Gasteiger partial charge < -0.3 is 10.3 Å². The van der Waals surface area contributed by atoms with Crippen molar-refractivity contribution < 1.29 is 4.79 Å². The number of carbonyl (C=O) groups excluding carboxylic acids is 1. The number of hydrogen-bond donors (Lipinski definition) is 2. The minimum absolute atomic E-state index is 0.101. The summed E-state index contributed by atoms with van der Waals surface area (Å²) in [4.78, 5) is 19.2. The van der Waals surface area contributed by atoms with Gasteiger partial charge >= 0.3 is 0 Å². The van der Waals surface area contributed by atoms with Crippen LogP contribution in [0.1, 0.15) is 21.6 Å². The third-order valence-corrected chi connectivity index (χ3v) is 3.23. The molecule has 3 rings (SSSR count). The third-order valence-electron chi connectivity index (χ3n) is 3.23. The van der Waals surface area contributed by atoms with E-state index in [1.807, 2.05) is 43.3 Å². The average Bonchev–Trinajstić information content (AvgIpc) is 2.89. The number of carbonyl (C=O) groups is 1. The van der Waals surface area contributed by atoms with Crippen molar-refractivity contribution in [3.05, 3.63) is 65.6 Å². The number of pyridine rings is 1. The number of hydrogen-bond acceptors (Lipinski definition) is 2. The Morgan fingerprint density at radius 1 is 1.20 bits per heavy atom. The number of benzene rings is 1. The molecular formula is C16H15N3O. The Hall–Kier alpha value is -2.62. The molecule has 0 aliphatic rings. The van der Waals surface area contributed by atoms with Crippen molar-refractivity contribution in [2.45, 2.75) is 13.5 Å². The van der Waals surface area contributed by atoms with Gasteiger partial charge in [0.1, 0.15) is 5.69 Å². The Bertz CT molecular complexity index is 747. The molecule has 0 saturated heterocycles. The molecule has 4 nitrogen and oxygen atoms in total. The SMILES string of the molecule is Cc1ccc2cc(C(=O)NCc3ccncc3)[nH]c2c1. The second-order valence-corrected chi connectivity index (χ2v) is 4.81. The van der Waals surface area contributed by atoms with Gasteiger partial charge in [-0.25, -0.2) is 0 Å². The fourth-order valence-electron chi connectivity index (χ4n) is 2.14. The van der Waals surface area contributed by atoms with Crippen molar-refractivity contribution >= 4 is 16.8 Å². The maximum atomic E-state index is 12.1. The highest BCUT2D eigenvalue weighted by atomic mass is 16.1. The normalized spacial score (nSPS) is 10.7. The lowest BCUT2D eigenvalue weighted by molar-refractivity contribution is 0.0946. The summed E-state index contributed by atoms with van der Waals surface area (Å²) >= 11 is 0. The van der Waals surface area contributed by atoms with Crippen LogP contribution in [0.3, 0.4) is 0 Å². The van der Waals surface area contributed by atoms with Crippen molar-refractivity contribution in [1.29, 1.82) is 0 Å². The Morgan fingerprint density at radius 2 is 2.00 bits per heavy atom. The van der Waals surface area contributed by atoms with Crippen LogP contribution in [0.4, 0.5) is 0 Å². The van der Waals surface area contributed by atoms with Gasteiger partial charge in [-0.3, -0.25) is 9.78 Å². The predicted molar refractivity (Wildman–Crippen MR) is 78.4 cm³/mol. The molecule has 0 fully saturated rings. The first kappa shape index (κ1) is 12.4. The summed E-state index contributed by atoms with van der Waals surface area (Å²) in [6, 6.07) is 11.7. The standard InChI is InChI=1S/C16H15N3O/c1-11-2-3-13-9-15(19-14(13)8-11)16(20)18-10-12-4-6-17-7-5-12/h2-9,19H,10H2,1H3,(H,18,20). The van der Waals surface area contributed by atoms with Crippen LogP contribution in [0.25, 0.3) is 10.9 Å². The minimum Gasteiger partial charge on any atom is -0.351 e. The highest BCUT2D eigenvalue weighted by molar-refractivity contribution is 5.98. The Balaban J connectivity index is 1.75. The molecule has 0 bridgehead atoms.